The SMILES string of the molecule is CC(C)NC(=O)N1CCCC1CCN. The first-order chi connectivity index (χ1) is 6.65. The molecule has 1 aliphatic heterocycles. The van der Waals surface area contributed by atoms with Crippen molar-refractivity contribution in [2.45, 2.75) is 45.2 Å². The zero-order valence-electron chi connectivity index (χ0n) is 9.12. The van der Waals surface area contributed by atoms with Crippen LogP contribution in [0.3, 0.4) is 0 Å². The van der Waals surface area contributed by atoms with E-state index in [4.69, 9.17) is 5.73 Å². The topological polar surface area (TPSA) is 58.4 Å². The first-order valence-corrected chi connectivity index (χ1v) is 5.42. The van der Waals surface area contributed by atoms with Crippen LogP contribution >= 0.6 is 0 Å². The maximum atomic E-state index is 11.7. The maximum absolute atomic E-state index is 11.7. The van der Waals surface area contributed by atoms with Gasteiger partial charge in [0, 0.05) is 18.6 Å². The summed E-state index contributed by atoms with van der Waals surface area (Å²) in [6, 6.07) is 0.635. The minimum absolute atomic E-state index is 0.0657. The summed E-state index contributed by atoms with van der Waals surface area (Å²) in [5.74, 6) is 0. The third-order valence-electron chi connectivity index (χ3n) is 2.55. The monoisotopic (exact) mass is 199 g/mol. The van der Waals surface area contributed by atoms with Crippen molar-refractivity contribution in [2.24, 2.45) is 5.73 Å². The predicted octanol–water partition coefficient (Wildman–Crippen LogP) is 0.918. The Bertz CT molecular complexity index is 194. The summed E-state index contributed by atoms with van der Waals surface area (Å²) in [7, 11) is 0. The Hall–Kier alpha value is -0.770. The molecule has 2 amide bonds. The summed E-state index contributed by atoms with van der Waals surface area (Å²) >= 11 is 0. The van der Waals surface area contributed by atoms with Crippen molar-refractivity contribution >= 4 is 6.03 Å². The van der Waals surface area contributed by atoms with Crippen LogP contribution in [-0.2, 0) is 0 Å². The number of hydrogen-bond acceptors (Lipinski definition) is 2. The number of nitrogens with zero attached hydrogens (tertiary/aromatic N) is 1. The Balaban J connectivity index is 2.44. The number of hydrogen-bond donors (Lipinski definition) is 2. The fraction of sp³-hybridized carbons (Fsp3) is 0.900. The lowest BCUT2D eigenvalue weighted by Crippen LogP contribution is -2.45. The van der Waals surface area contributed by atoms with Gasteiger partial charge in [-0.05, 0) is 39.7 Å². The van der Waals surface area contributed by atoms with Gasteiger partial charge in [0.05, 0.1) is 0 Å². The largest absolute Gasteiger partial charge is 0.336 e. The molecular weight excluding hydrogens is 178 g/mol. The molecule has 4 heteroatoms. The second-order valence-corrected chi connectivity index (χ2v) is 4.17. The van der Waals surface area contributed by atoms with E-state index < -0.39 is 0 Å². The Morgan fingerprint density at radius 2 is 2.36 bits per heavy atom. The van der Waals surface area contributed by atoms with Crippen molar-refractivity contribution in [3.05, 3.63) is 0 Å². The zero-order chi connectivity index (χ0) is 10.6. The fourth-order valence-corrected chi connectivity index (χ4v) is 1.93. The molecule has 1 saturated heterocycles. The molecule has 0 aromatic rings. The van der Waals surface area contributed by atoms with E-state index in [1.54, 1.807) is 0 Å². The molecule has 0 saturated carbocycles. The van der Waals surface area contributed by atoms with E-state index >= 15 is 0 Å². The Labute approximate surface area is 85.8 Å². The molecule has 0 aliphatic carbocycles. The molecule has 14 heavy (non-hydrogen) atoms. The minimum Gasteiger partial charge on any atom is -0.336 e. The van der Waals surface area contributed by atoms with Crippen molar-refractivity contribution in [1.82, 2.24) is 10.2 Å². The van der Waals surface area contributed by atoms with Crippen LogP contribution < -0.4 is 11.1 Å². The first kappa shape index (κ1) is 11.3. The molecule has 82 valence electrons. The van der Waals surface area contributed by atoms with Crippen LogP contribution in [0.1, 0.15) is 33.1 Å². The predicted molar refractivity (Wildman–Crippen MR) is 57.1 cm³/mol. The van der Waals surface area contributed by atoms with Gasteiger partial charge in [0.2, 0.25) is 0 Å². The molecule has 1 unspecified atom stereocenters. The number of rotatable bonds is 3. The van der Waals surface area contributed by atoms with Crippen LogP contribution in [-0.4, -0.2) is 36.1 Å². The molecule has 1 rings (SSSR count). The van der Waals surface area contributed by atoms with Gasteiger partial charge in [-0.1, -0.05) is 0 Å². The second-order valence-electron chi connectivity index (χ2n) is 4.17. The smallest absolute Gasteiger partial charge is 0.317 e. The molecule has 3 N–H and O–H groups in total. The molecule has 1 aliphatic rings. The normalized spacial score (nSPS) is 21.7. The Morgan fingerprint density at radius 3 is 2.93 bits per heavy atom. The zero-order valence-corrected chi connectivity index (χ0v) is 9.12. The van der Waals surface area contributed by atoms with E-state index in [1.807, 2.05) is 18.7 Å². The van der Waals surface area contributed by atoms with Crippen molar-refractivity contribution < 1.29 is 4.79 Å². The summed E-state index contributed by atoms with van der Waals surface area (Å²) in [4.78, 5) is 13.6. The lowest BCUT2D eigenvalue weighted by molar-refractivity contribution is 0.188. The quantitative estimate of drug-likeness (QED) is 0.710. The highest BCUT2D eigenvalue weighted by Gasteiger charge is 2.27. The summed E-state index contributed by atoms with van der Waals surface area (Å²) < 4.78 is 0. The fourth-order valence-electron chi connectivity index (χ4n) is 1.93. The molecular formula is C10H21N3O. The molecule has 1 atom stereocenters. The van der Waals surface area contributed by atoms with Crippen molar-refractivity contribution in [1.29, 1.82) is 0 Å². The van der Waals surface area contributed by atoms with Crippen LogP contribution in [0.4, 0.5) is 4.79 Å². The number of urea groups is 1. The van der Waals surface area contributed by atoms with Gasteiger partial charge in [-0.3, -0.25) is 0 Å². The van der Waals surface area contributed by atoms with Gasteiger partial charge < -0.3 is 16.0 Å². The Kier molecular flexibility index (Phi) is 4.20. The molecule has 0 aromatic carbocycles. The lowest BCUT2D eigenvalue weighted by Gasteiger charge is -2.25. The summed E-state index contributed by atoms with van der Waals surface area (Å²) in [5.41, 5.74) is 5.51. The minimum atomic E-state index is 0.0657. The van der Waals surface area contributed by atoms with Gasteiger partial charge in [0.15, 0.2) is 0 Å². The highest BCUT2D eigenvalue weighted by molar-refractivity contribution is 5.75. The first-order valence-electron chi connectivity index (χ1n) is 5.42. The summed E-state index contributed by atoms with van der Waals surface area (Å²) in [6.07, 6.45) is 3.13. The number of nitrogens with one attached hydrogen (secondary N) is 1. The maximum Gasteiger partial charge on any atom is 0.317 e. The van der Waals surface area contributed by atoms with Crippen molar-refractivity contribution in [3.63, 3.8) is 0 Å². The highest BCUT2D eigenvalue weighted by Crippen LogP contribution is 2.19. The van der Waals surface area contributed by atoms with Crippen molar-refractivity contribution in [2.75, 3.05) is 13.1 Å². The number of amides is 2. The van der Waals surface area contributed by atoms with Gasteiger partial charge in [-0.25, -0.2) is 4.79 Å². The number of likely N-dealkylation sites (tertiary alicyclic amines) is 1. The van der Waals surface area contributed by atoms with Gasteiger partial charge in [-0.2, -0.15) is 0 Å². The van der Waals surface area contributed by atoms with Crippen LogP contribution in [0.5, 0.6) is 0 Å². The van der Waals surface area contributed by atoms with Gasteiger partial charge in [-0.15, -0.1) is 0 Å². The van der Waals surface area contributed by atoms with Crippen molar-refractivity contribution in [3.8, 4) is 0 Å². The second kappa shape index (κ2) is 5.20. The summed E-state index contributed by atoms with van der Waals surface area (Å²) in [6.45, 7) is 5.50. The number of carbonyl (C=O) groups is 1. The molecule has 0 radical (unpaired) electrons. The standard InChI is InChI=1S/C10H21N3O/c1-8(2)12-10(14)13-7-3-4-9(13)5-6-11/h8-9H,3-7,11H2,1-2H3,(H,12,14). The van der Waals surface area contributed by atoms with Crippen LogP contribution in [0, 0.1) is 0 Å². The van der Waals surface area contributed by atoms with E-state index in [0.29, 0.717) is 12.6 Å². The molecule has 0 aromatic heterocycles. The van der Waals surface area contributed by atoms with Crippen LogP contribution in [0.15, 0.2) is 0 Å². The molecule has 0 bridgehead atoms. The third kappa shape index (κ3) is 2.87. The van der Waals surface area contributed by atoms with Crippen LogP contribution in [0.25, 0.3) is 0 Å². The highest BCUT2D eigenvalue weighted by atomic mass is 16.2. The van der Waals surface area contributed by atoms with E-state index in [0.717, 1.165) is 25.8 Å². The summed E-state index contributed by atoms with van der Waals surface area (Å²) in [5, 5.41) is 2.92. The lowest BCUT2D eigenvalue weighted by atomic mass is 10.1. The molecule has 1 heterocycles. The van der Waals surface area contributed by atoms with E-state index in [1.165, 1.54) is 0 Å². The molecule has 0 spiro atoms. The van der Waals surface area contributed by atoms with E-state index in [-0.39, 0.29) is 12.1 Å². The Morgan fingerprint density at radius 1 is 1.64 bits per heavy atom. The average Bonchev–Trinajstić information content (AvgIpc) is 2.51. The number of nitrogens with two attached hydrogens (primary N) is 1. The van der Waals surface area contributed by atoms with Gasteiger partial charge in [0.25, 0.3) is 0 Å². The van der Waals surface area contributed by atoms with E-state index in [9.17, 15) is 4.79 Å². The van der Waals surface area contributed by atoms with Gasteiger partial charge >= 0.3 is 6.03 Å². The van der Waals surface area contributed by atoms with E-state index in [2.05, 4.69) is 5.32 Å². The third-order valence-corrected chi connectivity index (χ3v) is 2.55. The van der Waals surface area contributed by atoms with Crippen LogP contribution in [0.2, 0.25) is 0 Å². The van der Waals surface area contributed by atoms with Gasteiger partial charge in [0.1, 0.15) is 0 Å². The average molecular weight is 199 g/mol. The molecule has 4 nitrogen and oxygen atoms in total. The number of carbonyl (C=O) groups excluding carboxylic acids is 1. The molecule has 1 fully saturated rings.